The highest BCUT2D eigenvalue weighted by Crippen LogP contribution is 2.50. The van der Waals surface area contributed by atoms with Crippen LogP contribution < -0.4 is 5.32 Å². The van der Waals surface area contributed by atoms with Crippen molar-refractivity contribution in [1.82, 2.24) is 4.57 Å². The number of nitrogens with one attached hydrogen (secondary N) is 1. The summed E-state index contributed by atoms with van der Waals surface area (Å²) in [5.41, 5.74) is 2.88. The first-order valence-corrected chi connectivity index (χ1v) is 11.5. The average Bonchev–Trinajstić information content (AvgIpc) is 3.47. The van der Waals surface area contributed by atoms with Crippen LogP contribution in [0.3, 0.4) is 0 Å². The van der Waals surface area contributed by atoms with Crippen molar-refractivity contribution in [2.45, 2.75) is 57.1 Å². The molecule has 1 heterocycles. The van der Waals surface area contributed by atoms with Gasteiger partial charge >= 0.3 is 0 Å². The smallest absolute Gasteiger partial charge is 0.235 e. The second kappa shape index (κ2) is 8.38. The topological polar surface area (TPSA) is 74.5 Å². The fraction of sp³-hybridized carbons (Fsp3) is 0.400. The number of carbonyl (C=O) groups excluding carboxylic acids is 1. The Bertz CT molecular complexity index is 1180. The molecular formula is C25H28Cl2N2O3. The molecule has 1 atom stereocenters. The molecule has 1 fully saturated rings. The van der Waals surface area contributed by atoms with Gasteiger partial charge in [0.2, 0.25) is 5.91 Å². The van der Waals surface area contributed by atoms with Crippen LogP contribution >= 0.6 is 23.2 Å². The van der Waals surface area contributed by atoms with Gasteiger partial charge in [0.25, 0.3) is 0 Å². The molecule has 32 heavy (non-hydrogen) atoms. The van der Waals surface area contributed by atoms with E-state index in [-0.39, 0.29) is 17.9 Å². The average molecular weight is 475 g/mol. The maximum absolute atomic E-state index is 13.2. The second-order valence-corrected chi connectivity index (χ2v) is 10.5. The highest BCUT2D eigenvalue weighted by atomic mass is 35.5. The van der Waals surface area contributed by atoms with Gasteiger partial charge in [0.1, 0.15) is 0 Å². The van der Waals surface area contributed by atoms with E-state index in [1.165, 1.54) is 0 Å². The Morgan fingerprint density at radius 2 is 1.84 bits per heavy atom. The lowest BCUT2D eigenvalue weighted by Crippen LogP contribution is -2.27. The molecule has 1 unspecified atom stereocenters. The third kappa shape index (κ3) is 4.27. The van der Waals surface area contributed by atoms with Gasteiger partial charge in [0, 0.05) is 27.7 Å². The molecule has 0 saturated heterocycles. The first kappa shape index (κ1) is 23.1. The van der Waals surface area contributed by atoms with Crippen LogP contribution in [-0.4, -0.2) is 33.4 Å². The fourth-order valence-corrected chi connectivity index (χ4v) is 4.55. The molecular weight excluding hydrogens is 447 g/mol. The third-order valence-electron chi connectivity index (χ3n) is 6.19. The minimum atomic E-state index is -0.841. The van der Waals surface area contributed by atoms with Gasteiger partial charge in [-0.1, -0.05) is 50.0 Å². The molecule has 1 saturated carbocycles. The minimum absolute atomic E-state index is 0.0542. The molecule has 0 aliphatic heterocycles. The second-order valence-electron chi connectivity index (χ2n) is 9.67. The SMILES string of the molecule is CC(C)(C)c1cc2cc(NC(=O)C3(c4ccc(Cl)c(Cl)c4)CC3)ccc2n1CC(O)CO. The number of rotatable bonds is 6. The van der Waals surface area contributed by atoms with E-state index in [0.717, 1.165) is 35.0 Å². The summed E-state index contributed by atoms with van der Waals surface area (Å²) in [6, 6.07) is 13.2. The van der Waals surface area contributed by atoms with E-state index in [9.17, 15) is 15.0 Å². The van der Waals surface area contributed by atoms with Gasteiger partial charge in [-0.15, -0.1) is 0 Å². The standard InChI is InChI=1S/C25H28Cl2N2O3/c1-24(2,3)22-11-15-10-17(5-7-21(15)29(22)13-18(31)14-30)28-23(32)25(8-9-25)16-4-6-19(26)20(27)12-16/h4-7,10-12,18,30-31H,8-9,13-14H2,1-3H3,(H,28,32). The first-order valence-electron chi connectivity index (χ1n) is 10.7. The number of aromatic nitrogens is 1. The predicted octanol–water partition coefficient (Wildman–Crippen LogP) is 5.27. The van der Waals surface area contributed by atoms with E-state index in [1.807, 2.05) is 28.8 Å². The Kier molecular flexibility index (Phi) is 6.05. The van der Waals surface area contributed by atoms with Crippen molar-refractivity contribution in [3.63, 3.8) is 0 Å². The zero-order chi connectivity index (χ0) is 23.3. The lowest BCUT2D eigenvalue weighted by molar-refractivity contribution is -0.118. The van der Waals surface area contributed by atoms with Crippen LogP contribution in [0.25, 0.3) is 10.9 Å². The lowest BCUT2D eigenvalue weighted by atomic mass is 9.92. The van der Waals surface area contributed by atoms with Gasteiger partial charge in [-0.2, -0.15) is 0 Å². The van der Waals surface area contributed by atoms with Crippen molar-refractivity contribution in [3.8, 4) is 0 Å². The summed E-state index contributed by atoms with van der Waals surface area (Å²) in [5.74, 6) is -0.0542. The van der Waals surface area contributed by atoms with Crippen molar-refractivity contribution in [2.75, 3.05) is 11.9 Å². The number of carbonyl (C=O) groups is 1. The molecule has 1 amide bonds. The van der Waals surface area contributed by atoms with Gasteiger partial charge in [0.15, 0.2) is 0 Å². The Morgan fingerprint density at radius 3 is 2.44 bits per heavy atom. The summed E-state index contributed by atoms with van der Waals surface area (Å²) >= 11 is 12.2. The number of halogens is 2. The molecule has 5 nitrogen and oxygen atoms in total. The quantitative estimate of drug-likeness (QED) is 0.455. The molecule has 1 aliphatic carbocycles. The Hall–Kier alpha value is -2.05. The highest BCUT2D eigenvalue weighted by Gasteiger charge is 2.51. The summed E-state index contributed by atoms with van der Waals surface area (Å²) in [6.07, 6.45) is 0.692. The first-order chi connectivity index (χ1) is 15.0. The van der Waals surface area contributed by atoms with E-state index >= 15 is 0 Å². The van der Waals surface area contributed by atoms with Crippen molar-refractivity contribution in [1.29, 1.82) is 0 Å². The van der Waals surface area contributed by atoms with E-state index in [2.05, 4.69) is 32.2 Å². The molecule has 7 heteroatoms. The number of anilines is 1. The number of hydrogen-bond donors (Lipinski definition) is 3. The molecule has 170 valence electrons. The summed E-state index contributed by atoms with van der Waals surface area (Å²) in [7, 11) is 0. The van der Waals surface area contributed by atoms with Crippen LogP contribution in [0.2, 0.25) is 10.0 Å². The van der Waals surface area contributed by atoms with E-state index in [1.54, 1.807) is 12.1 Å². The molecule has 2 aromatic carbocycles. The Morgan fingerprint density at radius 1 is 1.12 bits per heavy atom. The van der Waals surface area contributed by atoms with E-state index < -0.39 is 11.5 Å². The van der Waals surface area contributed by atoms with Crippen LogP contribution in [0, 0.1) is 0 Å². The number of nitrogens with zero attached hydrogens (tertiary/aromatic N) is 1. The monoisotopic (exact) mass is 474 g/mol. The maximum atomic E-state index is 13.2. The third-order valence-corrected chi connectivity index (χ3v) is 6.93. The molecule has 1 aromatic heterocycles. The van der Waals surface area contributed by atoms with Crippen LogP contribution in [0.1, 0.15) is 44.9 Å². The van der Waals surface area contributed by atoms with Crippen molar-refractivity contribution >= 4 is 45.7 Å². The summed E-state index contributed by atoms with van der Waals surface area (Å²) in [4.78, 5) is 13.2. The zero-order valence-corrected chi connectivity index (χ0v) is 20.0. The molecule has 1 aliphatic rings. The van der Waals surface area contributed by atoms with E-state index in [0.29, 0.717) is 22.3 Å². The van der Waals surface area contributed by atoms with Gasteiger partial charge in [0.05, 0.1) is 34.7 Å². The molecule has 0 bridgehead atoms. The zero-order valence-electron chi connectivity index (χ0n) is 18.5. The molecule has 3 aromatic rings. The highest BCUT2D eigenvalue weighted by molar-refractivity contribution is 6.42. The number of aliphatic hydroxyl groups is 2. The van der Waals surface area contributed by atoms with E-state index in [4.69, 9.17) is 23.2 Å². The Balaban J connectivity index is 1.64. The fourth-order valence-electron chi connectivity index (χ4n) is 4.25. The largest absolute Gasteiger partial charge is 0.394 e. The maximum Gasteiger partial charge on any atom is 0.235 e. The number of hydrogen-bond acceptors (Lipinski definition) is 3. The molecule has 0 spiro atoms. The lowest BCUT2D eigenvalue weighted by Gasteiger charge is -2.23. The van der Waals surface area contributed by atoms with Gasteiger partial charge in [-0.05, 0) is 54.8 Å². The predicted molar refractivity (Wildman–Crippen MR) is 130 cm³/mol. The van der Waals surface area contributed by atoms with Crippen molar-refractivity contribution < 1.29 is 15.0 Å². The summed E-state index contributed by atoms with van der Waals surface area (Å²) in [6.45, 7) is 6.34. The molecule has 3 N–H and O–H groups in total. The number of amides is 1. The van der Waals surface area contributed by atoms with Gasteiger partial charge < -0.3 is 20.1 Å². The van der Waals surface area contributed by atoms with Crippen molar-refractivity contribution in [3.05, 3.63) is 63.8 Å². The van der Waals surface area contributed by atoms with Crippen LogP contribution in [0.15, 0.2) is 42.5 Å². The number of benzene rings is 2. The summed E-state index contributed by atoms with van der Waals surface area (Å²) < 4.78 is 2.04. The van der Waals surface area contributed by atoms with Crippen LogP contribution in [0.4, 0.5) is 5.69 Å². The van der Waals surface area contributed by atoms with Crippen LogP contribution in [0.5, 0.6) is 0 Å². The number of fused-ring (bicyclic) bond motifs is 1. The Labute approximate surface area is 198 Å². The molecule has 4 rings (SSSR count). The van der Waals surface area contributed by atoms with Crippen LogP contribution in [-0.2, 0) is 22.2 Å². The minimum Gasteiger partial charge on any atom is -0.394 e. The van der Waals surface area contributed by atoms with Gasteiger partial charge in [-0.25, -0.2) is 0 Å². The van der Waals surface area contributed by atoms with Gasteiger partial charge in [-0.3, -0.25) is 4.79 Å². The normalized spacial score (nSPS) is 16.2. The summed E-state index contributed by atoms with van der Waals surface area (Å²) in [5, 5.41) is 24.3. The van der Waals surface area contributed by atoms with Crippen molar-refractivity contribution in [2.24, 2.45) is 0 Å². The number of aliphatic hydroxyl groups excluding tert-OH is 2. The molecule has 0 radical (unpaired) electrons.